The Morgan fingerprint density at radius 1 is 1.06 bits per heavy atom. The summed E-state index contributed by atoms with van der Waals surface area (Å²) in [7, 11) is 1.59. The number of Topliss-reactive ketones (excluding diaryl/α,β-unsaturated/α-hetero) is 1. The average Bonchev–Trinajstić information content (AvgIpc) is 2.98. The highest BCUT2D eigenvalue weighted by Gasteiger charge is 2.45. The molecule has 164 valence electrons. The van der Waals surface area contributed by atoms with Crippen LogP contribution in [-0.2, 0) is 19.7 Å². The van der Waals surface area contributed by atoms with E-state index >= 15 is 0 Å². The fourth-order valence-electron chi connectivity index (χ4n) is 3.77. The lowest BCUT2D eigenvalue weighted by Gasteiger charge is -2.26. The number of hydrogen-bond donors (Lipinski definition) is 1. The van der Waals surface area contributed by atoms with Gasteiger partial charge in [-0.15, -0.1) is 0 Å². The summed E-state index contributed by atoms with van der Waals surface area (Å²) in [5.41, 5.74) is 2.43. The van der Waals surface area contributed by atoms with Crippen LogP contribution in [0.4, 0.5) is 0 Å². The summed E-state index contributed by atoms with van der Waals surface area (Å²) in [6, 6.07) is 13.7. The van der Waals surface area contributed by atoms with Crippen molar-refractivity contribution in [3.8, 4) is 0 Å². The lowest BCUT2D eigenvalue weighted by molar-refractivity contribution is -0.140. The number of nitrogens with zero attached hydrogens (tertiary/aromatic N) is 1. The molecule has 1 atom stereocenters. The molecule has 0 saturated carbocycles. The van der Waals surface area contributed by atoms with E-state index in [1.165, 1.54) is 4.90 Å². The van der Waals surface area contributed by atoms with Crippen molar-refractivity contribution in [2.24, 2.45) is 0 Å². The highest BCUT2D eigenvalue weighted by Crippen LogP contribution is 2.40. The Labute approximate surface area is 188 Å². The molecule has 3 rings (SSSR count). The molecule has 0 radical (unpaired) electrons. The second kappa shape index (κ2) is 9.25. The van der Waals surface area contributed by atoms with Crippen molar-refractivity contribution >= 4 is 29.1 Å². The number of aliphatic hydroxyl groups excluding tert-OH is 1. The molecule has 1 N–H and O–H groups in total. The van der Waals surface area contributed by atoms with Crippen LogP contribution in [0.1, 0.15) is 49.9 Å². The fourth-order valence-corrected chi connectivity index (χ4v) is 3.89. The molecule has 5 nitrogen and oxygen atoms in total. The van der Waals surface area contributed by atoms with Gasteiger partial charge in [-0.2, -0.15) is 0 Å². The van der Waals surface area contributed by atoms with Crippen LogP contribution in [0.25, 0.3) is 5.76 Å². The molecule has 1 amide bonds. The summed E-state index contributed by atoms with van der Waals surface area (Å²) >= 11 is 5.96. The molecule has 1 saturated heterocycles. The molecule has 0 bridgehead atoms. The number of aliphatic hydroxyl groups is 1. The number of rotatable bonds is 6. The molecule has 31 heavy (non-hydrogen) atoms. The normalized spacial score (nSPS) is 18.6. The van der Waals surface area contributed by atoms with Crippen molar-refractivity contribution in [1.82, 2.24) is 4.90 Å². The smallest absolute Gasteiger partial charge is 0.295 e. The lowest BCUT2D eigenvalue weighted by atomic mass is 9.85. The molecular formula is C25H28ClNO4. The first-order valence-corrected chi connectivity index (χ1v) is 10.7. The number of benzene rings is 2. The van der Waals surface area contributed by atoms with Gasteiger partial charge in [-0.1, -0.05) is 56.6 Å². The monoisotopic (exact) mass is 441 g/mol. The van der Waals surface area contributed by atoms with Gasteiger partial charge in [0.2, 0.25) is 0 Å². The van der Waals surface area contributed by atoms with Crippen molar-refractivity contribution < 1.29 is 19.4 Å². The minimum absolute atomic E-state index is 0.0257. The van der Waals surface area contributed by atoms with E-state index in [1.54, 1.807) is 31.4 Å². The summed E-state index contributed by atoms with van der Waals surface area (Å²) < 4.78 is 5.12. The van der Waals surface area contributed by atoms with Crippen molar-refractivity contribution in [2.75, 3.05) is 20.3 Å². The molecule has 1 aliphatic rings. The maximum Gasteiger partial charge on any atom is 0.295 e. The molecule has 0 aromatic heterocycles. The minimum atomic E-state index is -0.685. The standard InChI is InChI=1S/C25H28ClNO4/c1-25(2,3)18-10-6-16(7-11-18)21-20(22(28)17-8-12-19(26)13-9-17)23(29)24(30)27(21)14-5-15-31-4/h6-13,21,28H,5,14-15H2,1-4H3/b22-20+. The lowest BCUT2D eigenvalue weighted by Crippen LogP contribution is -2.31. The molecule has 2 aromatic carbocycles. The Morgan fingerprint density at radius 2 is 1.68 bits per heavy atom. The highest BCUT2D eigenvalue weighted by molar-refractivity contribution is 6.46. The third-order valence-electron chi connectivity index (χ3n) is 5.50. The first-order valence-electron chi connectivity index (χ1n) is 10.3. The van der Waals surface area contributed by atoms with E-state index < -0.39 is 17.7 Å². The van der Waals surface area contributed by atoms with Crippen molar-refractivity contribution in [1.29, 1.82) is 0 Å². The third kappa shape index (κ3) is 4.83. The van der Waals surface area contributed by atoms with E-state index in [0.29, 0.717) is 30.2 Å². The number of ether oxygens (including phenoxy) is 1. The van der Waals surface area contributed by atoms with Crippen LogP contribution in [0.5, 0.6) is 0 Å². The van der Waals surface area contributed by atoms with E-state index in [2.05, 4.69) is 20.8 Å². The number of carbonyl (C=O) groups excluding carboxylic acids is 2. The molecule has 1 unspecified atom stereocenters. The van der Waals surface area contributed by atoms with E-state index in [-0.39, 0.29) is 16.7 Å². The zero-order valence-corrected chi connectivity index (χ0v) is 19.1. The Balaban J connectivity index is 2.11. The zero-order chi connectivity index (χ0) is 22.8. The molecule has 1 heterocycles. The van der Waals surface area contributed by atoms with Gasteiger partial charge in [-0.25, -0.2) is 0 Å². The molecule has 0 spiro atoms. The number of halogens is 1. The van der Waals surface area contributed by atoms with Crippen LogP contribution >= 0.6 is 11.6 Å². The van der Waals surface area contributed by atoms with E-state index in [1.807, 2.05) is 24.3 Å². The second-order valence-electron chi connectivity index (χ2n) is 8.72. The van der Waals surface area contributed by atoms with Gasteiger partial charge < -0.3 is 14.7 Å². The third-order valence-corrected chi connectivity index (χ3v) is 5.75. The maximum absolute atomic E-state index is 13.0. The SMILES string of the molecule is COCCCN1C(=O)C(=O)/C(=C(/O)c2ccc(Cl)cc2)C1c1ccc(C(C)(C)C)cc1. The Kier molecular flexibility index (Phi) is 6.87. The predicted octanol–water partition coefficient (Wildman–Crippen LogP) is 5.10. The summed E-state index contributed by atoms with van der Waals surface area (Å²) in [6.07, 6.45) is 0.584. The molecule has 0 aliphatic carbocycles. The summed E-state index contributed by atoms with van der Waals surface area (Å²) in [5.74, 6) is -1.50. The van der Waals surface area contributed by atoms with Gasteiger partial charge in [0.15, 0.2) is 0 Å². The Morgan fingerprint density at radius 3 is 2.23 bits per heavy atom. The van der Waals surface area contributed by atoms with E-state index in [4.69, 9.17) is 16.3 Å². The Hall–Kier alpha value is -2.63. The molecule has 1 aliphatic heterocycles. The highest BCUT2D eigenvalue weighted by atomic mass is 35.5. The van der Waals surface area contributed by atoms with Gasteiger partial charge >= 0.3 is 0 Å². The van der Waals surface area contributed by atoms with Crippen LogP contribution in [-0.4, -0.2) is 42.0 Å². The van der Waals surface area contributed by atoms with Gasteiger partial charge in [-0.3, -0.25) is 9.59 Å². The first kappa shape index (κ1) is 23.0. The summed E-state index contributed by atoms with van der Waals surface area (Å²) in [5, 5.41) is 11.5. The largest absolute Gasteiger partial charge is 0.507 e. The van der Waals surface area contributed by atoms with Crippen LogP contribution < -0.4 is 0 Å². The van der Waals surface area contributed by atoms with Gasteiger partial charge in [0.05, 0.1) is 11.6 Å². The summed E-state index contributed by atoms with van der Waals surface area (Å²) in [6.45, 7) is 7.19. The van der Waals surface area contributed by atoms with Crippen molar-refractivity contribution in [3.63, 3.8) is 0 Å². The topological polar surface area (TPSA) is 66.8 Å². The molecule has 6 heteroatoms. The van der Waals surface area contributed by atoms with Gasteiger partial charge in [-0.05, 0) is 47.2 Å². The van der Waals surface area contributed by atoms with Crippen LogP contribution in [0.15, 0.2) is 54.1 Å². The van der Waals surface area contributed by atoms with Crippen molar-refractivity contribution in [3.05, 3.63) is 75.8 Å². The summed E-state index contributed by atoms with van der Waals surface area (Å²) in [4.78, 5) is 27.4. The Bertz CT molecular complexity index is 988. The van der Waals surface area contributed by atoms with Gasteiger partial charge in [0.25, 0.3) is 11.7 Å². The molecular weight excluding hydrogens is 414 g/mol. The van der Waals surface area contributed by atoms with E-state index in [0.717, 1.165) is 11.1 Å². The quantitative estimate of drug-likeness (QED) is 0.293. The number of methoxy groups -OCH3 is 1. The minimum Gasteiger partial charge on any atom is -0.507 e. The maximum atomic E-state index is 13.0. The van der Waals surface area contributed by atoms with Gasteiger partial charge in [0.1, 0.15) is 5.76 Å². The van der Waals surface area contributed by atoms with Crippen LogP contribution in [0.3, 0.4) is 0 Å². The van der Waals surface area contributed by atoms with E-state index in [9.17, 15) is 14.7 Å². The number of ketones is 1. The zero-order valence-electron chi connectivity index (χ0n) is 18.3. The molecule has 2 aromatic rings. The number of likely N-dealkylation sites (tertiary alicyclic amines) is 1. The average molecular weight is 442 g/mol. The number of carbonyl (C=O) groups is 2. The van der Waals surface area contributed by atoms with Crippen molar-refractivity contribution in [2.45, 2.75) is 38.6 Å². The second-order valence-corrected chi connectivity index (χ2v) is 9.15. The fraction of sp³-hybridized carbons (Fsp3) is 0.360. The van der Waals surface area contributed by atoms with Crippen LogP contribution in [0, 0.1) is 0 Å². The predicted molar refractivity (Wildman–Crippen MR) is 122 cm³/mol. The number of amides is 1. The van der Waals surface area contributed by atoms with Gasteiger partial charge in [0, 0.05) is 30.8 Å². The number of hydrogen-bond acceptors (Lipinski definition) is 4. The first-order chi connectivity index (χ1) is 14.6. The van der Waals surface area contributed by atoms with Crippen LogP contribution in [0.2, 0.25) is 5.02 Å². The molecule has 1 fully saturated rings.